The van der Waals surface area contributed by atoms with Crippen LogP contribution >= 0.6 is 0 Å². The van der Waals surface area contributed by atoms with Gasteiger partial charge in [0.15, 0.2) is 11.5 Å². The van der Waals surface area contributed by atoms with Crippen molar-refractivity contribution in [2.75, 3.05) is 0 Å². The van der Waals surface area contributed by atoms with Gasteiger partial charge in [-0.2, -0.15) is 0 Å². The van der Waals surface area contributed by atoms with E-state index in [4.69, 9.17) is 0 Å². The minimum Gasteiger partial charge on any atom is -0.504 e. The van der Waals surface area contributed by atoms with Gasteiger partial charge in [0.1, 0.15) is 0 Å². The average molecular weight is 180 g/mol. The van der Waals surface area contributed by atoms with Crippen molar-refractivity contribution in [2.24, 2.45) is 0 Å². The molecule has 0 amide bonds. The van der Waals surface area contributed by atoms with E-state index in [0.29, 0.717) is 0 Å². The maximum absolute atomic E-state index is 9.44. The maximum Gasteiger partial charge on any atom is 0.160 e. The van der Waals surface area contributed by atoms with Crippen LogP contribution in [-0.2, 0) is 12.8 Å². The Bertz CT molecular complexity index is 292. The number of hydrogen-bond acceptors (Lipinski definition) is 2. The van der Waals surface area contributed by atoms with Gasteiger partial charge in [-0.05, 0) is 30.0 Å². The van der Waals surface area contributed by atoms with E-state index in [2.05, 4.69) is 6.92 Å². The lowest BCUT2D eigenvalue weighted by Crippen LogP contribution is -1.88. The van der Waals surface area contributed by atoms with Crippen molar-refractivity contribution in [1.82, 2.24) is 0 Å². The second-order valence-corrected chi connectivity index (χ2v) is 3.23. The lowest BCUT2D eigenvalue weighted by Gasteiger charge is -2.07. The Labute approximate surface area is 78.8 Å². The molecular formula is C11H16O2. The molecule has 13 heavy (non-hydrogen) atoms. The topological polar surface area (TPSA) is 40.5 Å². The molecule has 0 unspecified atom stereocenters. The molecule has 2 N–H and O–H groups in total. The van der Waals surface area contributed by atoms with Crippen molar-refractivity contribution >= 4 is 0 Å². The van der Waals surface area contributed by atoms with Crippen LogP contribution in [0.1, 0.15) is 31.4 Å². The predicted molar refractivity (Wildman–Crippen MR) is 53.1 cm³/mol. The Morgan fingerprint density at radius 2 is 1.85 bits per heavy atom. The molecule has 0 spiro atoms. The Hall–Kier alpha value is -1.18. The zero-order valence-corrected chi connectivity index (χ0v) is 8.17. The molecule has 0 saturated carbocycles. The van der Waals surface area contributed by atoms with Crippen molar-refractivity contribution in [3.8, 4) is 11.5 Å². The molecule has 2 heteroatoms. The Morgan fingerprint density at radius 1 is 1.15 bits per heavy atom. The fraction of sp³-hybridized carbons (Fsp3) is 0.455. The molecule has 0 radical (unpaired) electrons. The molecule has 1 rings (SSSR count). The SMILES string of the molecule is CCCc1cc(O)c(O)c(CC)c1. The first kappa shape index (κ1) is 9.90. The van der Waals surface area contributed by atoms with Crippen molar-refractivity contribution in [3.05, 3.63) is 23.3 Å². The molecule has 1 aromatic rings. The van der Waals surface area contributed by atoms with Crippen LogP contribution in [0.15, 0.2) is 12.1 Å². The minimum absolute atomic E-state index is 0.00259. The summed E-state index contributed by atoms with van der Waals surface area (Å²) in [5, 5.41) is 18.8. The van der Waals surface area contributed by atoms with Gasteiger partial charge in [-0.15, -0.1) is 0 Å². The van der Waals surface area contributed by atoms with Gasteiger partial charge in [0, 0.05) is 0 Å². The van der Waals surface area contributed by atoms with Crippen LogP contribution in [0, 0.1) is 0 Å². The Balaban J connectivity index is 3.06. The van der Waals surface area contributed by atoms with E-state index >= 15 is 0 Å². The zero-order chi connectivity index (χ0) is 9.84. The molecule has 1 aromatic carbocycles. The number of aryl methyl sites for hydroxylation is 2. The molecule has 0 atom stereocenters. The van der Waals surface area contributed by atoms with E-state index < -0.39 is 0 Å². The minimum atomic E-state index is 0.00259. The van der Waals surface area contributed by atoms with Gasteiger partial charge < -0.3 is 10.2 Å². The summed E-state index contributed by atoms with van der Waals surface area (Å²) >= 11 is 0. The summed E-state index contributed by atoms with van der Waals surface area (Å²) in [6.07, 6.45) is 2.74. The molecule has 0 fully saturated rings. The van der Waals surface area contributed by atoms with Crippen molar-refractivity contribution in [2.45, 2.75) is 33.1 Å². The lowest BCUT2D eigenvalue weighted by atomic mass is 10.0. The first-order valence-electron chi connectivity index (χ1n) is 4.72. The average Bonchev–Trinajstić information content (AvgIpc) is 2.11. The smallest absolute Gasteiger partial charge is 0.160 e. The van der Waals surface area contributed by atoms with Crippen LogP contribution in [-0.4, -0.2) is 10.2 Å². The van der Waals surface area contributed by atoms with Gasteiger partial charge in [-0.3, -0.25) is 0 Å². The largest absolute Gasteiger partial charge is 0.504 e. The monoisotopic (exact) mass is 180 g/mol. The fourth-order valence-electron chi connectivity index (χ4n) is 1.44. The molecule has 0 bridgehead atoms. The van der Waals surface area contributed by atoms with Crippen LogP contribution in [0.3, 0.4) is 0 Å². The third-order valence-electron chi connectivity index (χ3n) is 2.15. The Kier molecular flexibility index (Phi) is 3.18. The summed E-state index contributed by atoms with van der Waals surface area (Å²) < 4.78 is 0. The number of hydrogen-bond donors (Lipinski definition) is 2. The lowest BCUT2D eigenvalue weighted by molar-refractivity contribution is 0.399. The number of rotatable bonds is 3. The van der Waals surface area contributed by atoms with Gasteiger partial charge in [0.05, 0.1) is 0 Å². The molecule has 0 aliphatic carbocycles. The number of phenols is 2. The van der Waals surface area contributed by atoms with Gasteiger partial charge in [0.25, 0.3) is 0 Å². The highest BCUT2D eigenvalue weighted by Gasteiger charge is 2.06. The maximum atomic E-state index is 9.44. The number of phenolic OH excluding ortho intramolecular Hbond substituents is 2. The first-order chi connectivity index (χ1) is 6.19. The highest BCUT2D eigenvalue weighted by Crippen LogP contribution is 2.31. The van der Waals surface area contributed by atoms with E-state index in [1.165, 1.54) is 0 Å². The molecule has 0 saturated heterocycles. The first-order valence-corrected chi connectivity index (χ1v) is 4.72. The third-order valence-corrected chi connectivity index (χ3v) is 2.15. The predicted octanol–water partition coefficient (Wildman–Crippen LogP) is 2.61. The van der Waals surface area contributed by atoms with Crippen molar-refractivity contribution < 1.29 is 10.2 Å². The Morgan fingerprint density at radius 3 is 2.38 bits per heavy atom. The zero-order valence-electron chi connectivity index (χ0n) is 8.17. The molecule has 0 aliphatic rings. The standard InChI is InChI=1S/C11H16O2/c1-3-5-8-6-9(4-2)11(13)10(12)7-8/h6-7,12-13H,3-5H2,1-2H3. The third kappa shape index (κ3) is 2.14. The molecule has 2 nitrogen and oxygen atoms in total. The summed E-state index contributed by atoms with van der Waals surface area (Å²) in [7, 11) is 0. The van der Waals surface area contributed by atoms with E-state index in [9.17, 15) is 10.2 Å². The molecule has 0 aliphatic heterocycles. The van der Waals surface area contributed by atoms with Crippen LogP contribution in [0.4, 0.5) is 0 Å². The van der Waals surface area contributed by atoms with Gasteiger partial charge in [0.2, 0.25) is 0 Å². The van der Waals surface area contributed by atoms with E-state index in [-0.39, 0.29) is 11.5 Å². The van der Waals surface area contributed by atoms with E-state index in [1.807, 2.05) is 13.0 Å². The summed E-state index contributed by atoms with van der Waals surface area (Å²) in [4.78, 5) is 0. The number of aromatic hydroxyl groups is 2. The quantitative estimate of drug-likeness (QED) is 0.702. The summed E-state index contributed by atoms with van der Waals surface area (Å²) in [5.41, 5.74) is 1.91. The van der Waals surface area contributed by atoms with E-state index in [0.717, 1.165) is 30.4 Å². The highest BCUT2D eigenvalue weighted by molar-refractivity contribution is 5.47. The van der Waals surface area contributed by atoms with Crippen LogP contribution < -0.4 is 0 Å². The van der Waals surface area contributed by atoms with Crippen LogP contribution in [0.2, 0.25) is 0 Å². The second-order valence-electron chi connectivity index (χ2n) is 3.23. The molecule has 0 heterocycles. The van der Waals surface area contributed by atoms with Gasteiger partial charge in [-0.1, -0.05) is 26.3 Å². The molecular weight excluding hydrogens is 164 g/mol. The summed E-state index contributed by atoms with van der Waals surface area (Å²) in [6, 6.07) is 3.59. The van der Waals surface area contributed by atoms with E-state index in [1.54, 1.807) is 6.07 Å². The number of benzene rings is 1. The normalized spacial score (nSPS) is 10.3. The summed E-state index contributed by atoms with van der Waals surface area (Å²) in [5.74, 6) is 0.0325. The van der Waals surface area contributed by atoms with Crippen LogP contribution in [0.5, 0.6) is 11.5 Å². The van der Waals surface area contributed by atoms with Crippen LogP contribution in [0.25, 0.3) is 0 Å². The van der Waals surface area contributed by atoms with Crippen molar-refractivity contribution in [3.63, 3.8) is 0 Å². The molecule has 72 valence electrons. The fourth-order valence-corrected chi connectivity index (χ4v) is 1.44. The summed E-state index contributed by atoms with van der Waals surface area (Å²) in [6.45, 7) is 4.06. The van der Waals surface area contributed by atoms with Gasteiger partial charge >= 0.3 is 0 Å². The van der Waals surface area contributed by atoms with Gasteiger partial charge in [-0.25, -0.2) is 0 Å². The second kappa shape index (κ2) is 4.17. The highest BCUT2D eigenvalue weighted by atomic mass is 16.3. The molecule has 0 aromatic heterocycles. The van der Waals surface area contributed by atoms with Crippen molar-refractivity contribution in [1.29, 1.82) is 0 Å².